The van der Waals surface area contributed by atoms with Crippen molar-refractivity contribution in [3.63, 3.8) is 0 Å². The van der Waals surface area contributed by atoms with E-state index in [1.165, 1.54) is 17.5 Å². The molecule has 1 N–H and O–H groups in total. The Morgan fingerprint density at radius 2 is 1.33 bits per heavy atom. The zero-order chi connectivity index (χ0) is 14.9. The molecule has 0 spiro atoms. The van der Waals surface area contributed by atoms with Gasteiger partial charge in [-0.2, -0.15) is 0 Å². The molecule has 2 aromatic carbocycles. The van der Waals surface area contributed by atoms with Crippen LogP contribution >= 0.6 is 0 Å². The molecule has 1 aliphatic carbocycles. The summed E-state index contributed by atoms with van der Waals surface area (Å²) in [5.74, 6) is 0.406. The van der Waals surface area contributed by atoms with Crippen molar-refractivity contribution in [3.8, 4) is 0 Å². The van der Waals surface area contributed by atoms with Crippen LogP contribution in [-0.2, 0) is 0 Å². The molecule has 0 heterocycles. The molecule has 0 aliphatic heterocycles. The van der Waals surface area contributed by atoms with Crippen LogP contribution in [0.5, 0.6) is 0 Å². The Bertz CT molecular complexity index is 534. The lowest BCUT2D eigenvalue weighted by Crippen LogP contribution is -2.36. The first-order chi connectivity index (χ1) is 10.1. The molecule has 110 valence electrons. The Kier molecular flexibility index (Phi) is 3.86. The molecule has 0 bridgehead atoms. The van der Waals surface area contributed by atoms with Crippen molar-refractivity contribution in [1.29, 1.82) is 0 Å². The SMILES string of the molecule is CC(NC1CC1(C)C)C(c1ccccc1)c1ccccc1. The van der Waals surface area contributed by atoms with Crippen LogP contribution < -0.4 is 5.32 Å². The molecule has 1 nitrogen and oxygen atoms in total. The Balaban J connectivity index is 1.86. The average molecular weight is 279 g/mol. The Morgan fingerprint density at radius 1 is 0.905 bits per heavy atom. The third-order valence-corrected chi connectivity index (χ3v) is 4.79. The maximum atomic E-state index is 3.84. The molecule has 0 radical (unpaired) electrons. The van der Waals surface area contributed by atoms with E-state index in [-0.39, 0.29) is 0 Å². The molecule has 1 saturated carbocycles. The van der Waals surface area contributed by atoms with E-state index in [9.17, 15) is 0 Å². The Morgan fingerprint density at radius 3 is 1.71 bits per heavy atom. The van der Waals surface area contributed by atoms with Crippen LogP contribution in [0.2, 0.25) is 0 Å². The van der Waals surface area contributed by atoms with Gasteiger partial charge in [-0.25, -0.2) is 0 Å². The lowest BCUT2D eigenvalue weighted by Gasteiger charge is -2.27. The van der Waals surface area contributed by atoms with Gasteiger partial charge in [-0.05, 0) is 29.9 Å². The van der Waals surface area contributed by atoms with E-state index in [4.69, 9.17) is 0 Å². The van der Waals surface area contributed by atoms with E-state index in [2.05, 4.69) is 86.8 Å². The first-order valence-electron chi connectivity index (χ1n) is 7.94. The van der Waals surface area contributed by atoms with Gasteiger partial charge in [0.05, 0.1) is 0 Å². The van der Waals surface area contributed by atoms with Gasteiger partial charge in [0.25, 0.3) is 0 Å². The van der Waals surface area contributed by atoms with Crippen LogP contribution in [0.25, 0.3) is 0 Å². The third-order valence-electron chi connectivity index (χ3n) is 4.79. The standard InChI is InChI=1S/C20H25N/c1-15(21-18-14-20(18,2)3)19(16-10-6-4-7-11-16)17-12-8-5-9-13-17/h4-13,15,18-19,21H,14H2,1-3H3. The predicted octanol–water partition coefficient (Wildman–Crippen LogP) is 4.60. The number of hydrogen-bond acceptors (Lipinski definition) is 1. The van der Waals surface area contributed by atoms with E-state index >= 15 is 0 Å². The molecule has 1 fully saturated rings. The molecule has 0 aromatic heterocycles. The zero-order valence-electron chi connectivity index (χ0n) is 13.2. The monoisotopic (exact) mass is 279 g/mol. The maximum Gasteiger partial charge on any atom is 0.0240 e. The van der Waals surface area contributed by atoms with E-state index in [0.717, 1.165) is 0 Å². The second kappa shape index (κ2) is 5.65. The smallest absolute Gasteiger partial charge is 0.0240 e. The van der Waals surface area contributed by atoms with Crippen molar-refractivity contribution in [2.24, 2.45) is 5.41 Å². The number of benzene rings is 2. The molecule has 3 rings (SSSR count). The fraction of sp³-hybridized carbons (Fsp3) is 0.400. The number of hydrogen-bond donors (Lipinski definition) is 1. The van der Waals surface area contributed by atoms with Crippen molar-refractivity contribution in [3.05, 3.63) is 71.8 Å². The van der Waals surface area contributed by atoms with Crippen LogP contribution in [0.3, 0.4) is 0 Å². The highest BCUT2D eigenvalue weighted by Crippen LogP contribution is 2.45. The number of nitrogens with one attached hydrogen (secondary N) is 1. The summed E-state index contributed by atoms with van der Waals surface area (Å²) >= 11 is 0. The molecule has 1 aliphatic rings. The Hall–Kier alpha value is -1.60. The van der Waals surface area contributed by atoms with Gasteiger partial charge in [0.15, 0.2) is 0 Å². The lowest BCUT2D eigenvalue weighted by molar-refractivity contribution is 0.450. The van der Waals surface area contributed by atoms with E-state index in [1.54, 1.807) is 0 Å². The minimum atomic E-state index is 0.406. The molecule has 0 amide bonds. The Labute approximate surface area is 128 Å². The molecular weight excluding hydrogens is 254 g/mol. The summed E-state index contributed by atoms with van der Waals surface area (Å²) in [5.41, 5.74) is 3.25. The topological polar surface area (TPSA) is 12.0 Å². The van der Waals surface area contributed by atoms with E-state index in [0.29, 0.717) is 23.4 Å². The van der Waals surface area contributed by atoms with Gasteiger partial charge >= 0.3 is 0 Å². The predicted molar refractivity (Wildman–Crippen MR) is 89.5 cm³/mol. The quantitative estimate of drug-likeness (QED) is 0.843. The van der Waals surface area contributed by atoms with Crippen molar-refractivity contribution < 1.29 is 0 Å². The van der Waals surface area contributed by atoms with Crippen molar-refractivity contribution >= 4 is 0 Å². The summed E-state index contributed by atoms with van der Waals surface area (Å²) in [6.45, 7) is 7.01. The first-order valence-corrected chi connectivity index (χ1v) is 7.94. The number of rotatable bonds is 5. The van der Waals surface area contributed by atoms with Gasteiger partial charge in [0.1, 0.15) is 0 Å². The molecule has 2 atom stereocenters. The second-order valence-corrected chi connectivity index (χ2v) is 7.00. The summed E-state index contributed by atoms with van der Waals surface area (Å²) in [6, 6.07) is 22.8. The second-order valence-electron chi connectivity index (χ2n) is 7.00. The molecule has 1 heteroatoms. The molecule has 2 unspecified atom stereocenters. The minimum Gasteiger partial charge on any atom is -0.310 e. The average Bonchev–Trinajstić information content (AvgIpc) is 3.08. The van der Waals surface area contributed by atoms with Crippen LogP contribution in [0.15, 0.2) is 60.7 Å². The highest BCUT2D eigenvalue weighted by Gasteiger charge is 2.46. The van der Waals surface area contributed by atoms with Crippen LogP contribution in [-0.4, -0.2) is 12.1 Å². The van der Waals surface area contributed by atoms with Gasteiger partial charge in [-0.15, -0.1) is 0 Å². The van der Waals surface area contributed by atoms with Crippen LogP contribution in [0.1, 0.15) is 44.2 Å². The summed E-state index contributed by atoms with van der Waals surface area (Å²) in [4.78, 5) is 0. The van der Waals surface area contributed by atoms with Crippen LogP contribution in [0, 0.1) is 5.41 Å². The molecule has 2 aromatic rings. The fourth-order valence-electron chi connectivity index (χ4n) is 3.26. The summed E-state index contributed by atoms with van der Waals surface area (Å²) < 4.78 is 0. The van der Waals surface area contributed by atoms with Crippen molar-refractivity contribution in [1.82, 2.24) is 5.32 Å². The largest absolute Gasteiger partial charge is 0.310 e. The minimum absolute atomic E-state index is 0.406. The highest BCUT2D eigenvalue weighted by molar-refractivity contribution is 5.34. The van der Waals surface area contributed by atoms with Crippen LogP contribution in [0.4, 0.5) is 0 Å². The van der Waals surface area contributed by atoms with Crippen molar-refractivity contribution in [2.45, 2.75) is 45.2 Å². The summed E-state index contributed by atoms with van der Waals surface area (Å²) in [5, 5.41) is 3.84. The highest BCUT2D eigenvalue weighted by atomic mass is 15.0. The summed E-state index contributed by atoms with van der Waals surface area (Å²) in [7, 11) is 0. The third kappa shape index (κ3) is 3.19. The van der Waals surface area contributed by atoms with Gasteiger partial charge in [0, 0.05) is 18.0 Å². The summed E-state index contributed by atoms with van der Waals surface area (Å²) in [6.07, 6.45) is 1.29. The van der Waals surface area contributed by atoms with Gasteiger partial charge in [-0.3, -0.25) is 0 Å². The zero-order valence-corrected chi connectivity index (χ0v) is 13.2. The lowest BCUT2D eigenvalue weighted by atomic mass is 9.85. The fourth-order valence-corrected chi connectivity index (χ4v) is 3.26. The van der Waals surface area contributed by atoms with Gasteiger partial charge < -0.3 is 5.32 Å². The van der Waals surface area contributed by atoms with E-state index in [1.807, 2.05) is 0 Å². The normalized spacial score (nSPS) is 21.2. The molecule has 0 saturated heterocycles. The maximum absolute atomic E-state index is 3.84. The van der Waals surface area contributed by atoms with Gasteiger partial charge in [0.2, 0.25) is 0 Å². The molecular formula is C20H25N. The van der Waals surface area contributed by atoms with Gasteiger partial charge in [-0.1, -0.05) is 74.5 Å². The first kappa shape index (κ1) is 14.3. The van der Waals surface area contributed by atoms with Crippen molar-refractivity contribution in [2.75, 3.05) is 0 Å². The molecule has 21 heavy (non-hydrogen) atoms. The van der Waals surface area contributed by atoms with E-state index < -0.39 is 0 Å².